The van der Waals surface area contributed by atoms with Gasteiger partial charge in [0, 0.05) is 18.8 Å². The predicted octanol–water partition coefficient (Wildman–Crippen LogP) is 5.83. The van der Waals surface area contributed by atoms with Crippen LogP contribution in [0.5, 0.6) is 0 Å². The summed E-state index contributed by atoms with van der Waals surface area (Å²) in [6.45, 7) is 10.1. The first-order chi connectivity index (χ1) is 15.4. The number of carbonyl (C=O) groups excluding carboxylic acids is 1. The minimum Gasteiger partial charge on any atom is -0.462 e. The summed E-state index contributed by atoms with van der Waals surface area (Å²) in [6, 6.07) is 8.16. The average Bonchev–Trinajstić information content (AvgIpc) is 3.11. The highest BCUT2D eigenvalue weighted by molar-refractivity contribution is 7.20. The molecular formula is C24H28ClN3O3S. The van der Waals surface area contributed by atoms with Crippen LogP contribution in [0.3, 0.4) is 0 Å². The number of halogens is 1. The molecule has 0 amide bonds. The highest BCUT2D eigenvalue weighted by Gasteiger charge is 2.20. The first kappa shape index (κ1) is 24.0. The van der Waals surface area contributed by atoms with Crippen LogP contribution in [0.1, 0.15) is 60.2 Å². The molecule has 0 aliphatic heterocycles. The van der Waals surface area contributed by atoms with E-state index in [4.69, 9.17) is 16.3 Å². The number of esters is 1. The summed E-state index contributed by atoms with van der Waals surface area (Å²) >= 11 is 7.65. The van der Waals surface area contributed by atoms with Crippen LogP contribution in [-0.4, -0.2) is 35.6 Å². The van der Waals surface area contributed by atoms with E-state index in [1.165, 1.54) is 5.69 Å². The summed E-state index contributed by atoms with van der Waals surface area (Å²) in [7, 11) is 0. The first-order valence-corrected chi connectivity index (χ1v) is 12.0. The van der Waals surface area contributed by atoms with Crippen molar-refractivity contribution >= 4 is 55.9 Å². The topological polar surface area (TPSA) is 75.3 Å². The molecule has 1 aromatic carbocycles. The van der Waals surface area contributed by atoms with Crippen LogP contribution in [-0.2, 0) is 4.74 Å². The highest BCUT2D eigenvalue weighted by atomic mass is 35.5. The molecule has 0 fully saturated rings. The van der Waals surface area contributed by atoms with E-state index in [0.29, 0.717) is 25.7 Å². The molecule has 3 aromatic rings. The molecule has 3 rings (SSSR count). The molecule has 0 unspecified atom stereocenters. The molecule has 0 saturated heterocycles. The number of benzene rings is 1. The third kappa shape index (κ3) is 5.22. The molecular weight excluding hydrogens is 446 g/mol. The van der Waals surface area contributed by atoms with Gasteiger partial charge in [0.1, 0.15) is 9.71 Å². The molecule has 0 spiro atoms. The Hall–Kier alpha value is -2.64. The van der Waals surface area contributed by atoms with Crippen molar-refractivity contribution < 1.29 is 9.53 Å². The summed E-state index contributed by atoms with van der Waals surface area (Å²) in [4.78, 5) is 35.3. The van der Waals surface area contributed by atoms with Gasteiger partial charge in [-0.25, -0.2) is 9.78 Å². The number of anilines is 1. The normalized spacial score (nSPS) is 11.7. The zero-order chi connectivity index (χ0) is 23.3. The molecule has 1 N–H and O–H groups in total. The second kappa shape index (κ2) is 10.8. The first-order valence-electron chi connectivity index (χ1n) is 10.8. The molecule has 6 nitrogen and oxygen atoms in total. The molecule has 8 heteroatoms. The summed E-state index contributed by atoms with van der Waals surface area (Å²) in [5, 5.41) is 0.710. The van der Waals surface area contributed by atoms with E-state index < -0.39 is 5.97 Å². The second-order valence-corrected chi connectivity index (χ2v) is 8.85. The van der Waals surface area contributed by atoms with Gasteiger partial charge in [-0.1, -0.05) is 37.6 Å². The van der Waals surface area contributed by atoms with Crippen molar-refractivity contribution in [3.05, 3.63) is 56.4 Å². The van der Waals surface area contributed by atoms with Crippen molar-refractivity contribution in [2.45, 2.75) is 40.5 Å². The lowest BCUT2D eigenvalue weighted by Gasteiger charge is -2.23. The number of aryl methyl sites for hydroxylation is 1. The van der Waals surface area contributed by atoms with Crippen molar-refractivity contribution in [3.8, 4) is 0 Å². The van der Waals surface area contributed by atoms with Crippen LogP contribution in [0.15, 0.2) is 29.1 Å². The minimum atomic E-state index is -0.448. The molecule has 0 bridgehead atoms. The quantitative estimate of drug-likeness (QED) is 0.395. The Morgan fingerprint density at radius 1 is 1.19 bits per heavy atom. The minimum absolute atomic E-state index is 0.267. The summed E-state index contributed by atoms with van der Waals surface area (Å²) in [6.07, 6.45) is 3.95. The molecule has 32 heavy (non-hydrogen) atoms. The molecule has 170 valence electrons. The van der Waals surface area contributed by atoms with E-state index in [2.05, 4.69) is 40.8 Å². The molecule has 0 aliphatic rings. The zero-order valence-electron chi connectivity index (χ0n) is 18.8. The Kier molecular flexibility index (Phi) is 8.10. The molecule has 0 saturated carbocycles. The van der Waals surface area contributed by atoms with Crippen molar-refractivity contribution in [1.29, 1.82) is 0 Å². The molecule has 0 aliphatic carbocycles. The summed E-state index contributed by atoms with van der Waals surface area (Å²) in [5.74, 6) is -0.181. The predicted molar refractivity (Wildman–Crippen MR) is 134 cm³/mol. The highest BCUT2D eigenvalue weighted by Crippen LogP contribution is 2.29. The number of H-pyrrole nitrogens is 1. The monoisotopic (exact) mass is 473 g/mol. The number of nitrogens with zero attached hydrogens (tertiary/aromatic N) is 2. The SMILES string of the molecule is CCCN(CCC)c1ccc(/C=C(\Cl)c2nc3sc(C(=O)OCC)c(C)c3c(=O)[nH]2)cc1. The van der Waals surface area contributed by atoms with Gasteiger partial charge in [-0.2, -0.15) is 0 Å². The summed E-state index contributed by atoms with van der Waals surface area (Å²) < 4.78 is 5.08. The zero-order valence-corrected chi connectivity index (χ0v) is 20.4. The maximum atomic E-state index is 12.7. The van der Waals surface area contributed by atoms with Crippen LogP contribution >= 0.6 is 22.9 Å². The van der Waals surface area contributed by atoms with Crippen LogP contribution in [0.4, 0.5) is 5.69 Å². The smallest absolute Gasteiger partial charge is 0.348 e. The molecule has 0 atom stereocenters. The number of aromatic nitrogens is 2. The van der Waals surface area contributed by atoms with Crippen molar-refractivity contribution in [3.63, 3.8) is 0 Å². The van der Waals surface area contributed by atoms with Crippen molar-refractivity contribution in [2.75, 3.05) is 24.6 Å². The van der Waals surface area contributed by atoms with Gasteiger partial charge in [0.25, 0.3) is 5.56 Å². The maximum absolute atomic E-state index is 12.7. The van der Waals surface area contributed by atoms with Crippen LogP contribution < -0.4 is 10.5 Å². The lowest BCUT2D eigenvalue weighted by atomic mass is 10.1. The van der Waals surface area contributed by atoms with E-state index in [1.807, 2.05) is 12.1 Å². The van der Waals surface area contributed by atoms with Gasteiger partial charge in [0.05, 0.1) is 17.0 Å². The number of carbonyl (C=O) groups is 1. The van der Waals surface area contributed by atoms with E-state index in [1.54, 1.807) is 19.9 Å². The van der Waals surface area contributed by atoms with E-state index in [0.717, 1.165) is 42.8 Å². The fourth-order valence-corrected chi connectivity index (χ4v) is 4.85. The summed E-state index contributed by atoms with van der Waals surface area (Å²) in [5.41, 5.74) is 2.33. The number of ether oxygens (including phenoxy) is 1. The van der Waals surface area contributed by atoms with Gasteiger partial charge in [-0.15, -0.1) is 11.3 Å². The lowest BCUT2D eigenvalue weighted by Crippen LogP contribution is -2.24. The average molecular weight is 474 g/mol. The van der Waals surface area contributed by atoms with Gasteiger partial charge in [0.15, 0.2) is 5.82 Å². The number of hydrogen-bond donors (Lipinski definition) is 1. The Morgan fingerprint density at radius 3 is 2.44 bits per heavy atom. The van der Waals surface area contributed by atoms with Crippen molar-refractivity contribution in [1.82, 2.24) is 9.97 Å². The Morgan fingerprint density at radius 2 is 1.84 bits per heavy atom. The maximum Gasteiger partial charge on any atom is 0.348 e. The number of hydrogen-bond acceptors (Lipinski definition) is 6. The lowest BCUT2D eigenvalue weighted by molar-refractivity contribution is 0.0531. The molecule has 2 aromatic heterocycles. The number of aromatic amines is 1. The van der Waals surface area contributed by atoms with Crippen LogP contribution in [0, 0.1) is 6.92 Å². The molecule has 0 radical (unpaired) electrons. The number of rotatable bonds is 9. The Balaban J connectivity index is 1.91. The van der Waals surface area contributed by atoms with Gasteiger partial charge >= 0.3 is 5.97 Å². The number of nitrogens with one attached hydrogen (secondary N) is 1. The molecule has 2 heterocycles. The van der Waals surface area contributed by atoms with E-state index in [9.17, 15) is 9.59 Å². The van der Waals surface area contributed by atoms with Gasteiger partial charge in [0.2, 0.25) is 0 Å². The van der Waals surface area contributed by atoms with Gasteiger partial charge < -0.3 is 14.6 Å². The van der Waals surface area contributed by atoms with Crippen molar-refractivity contribution in [2.24, 2.45) is 0 Å². The Bertz CT molecular complexity index is 1180. The third-order valence-corrected chi connectivity index (χ3v) is 6.48. The van der Waals surface area contributed by atoms with Gasteiger partial charge in [-0.05, 0) is 56.0 Å². The number of fused-ring (bicyclic) bond motifs is 1. The van der Waals surface area contributed by atoms with Crippen LogP contribution in [0.25, 0.3) is 21.3 Å². The fraction of sp³-hybridized carbons (Fsp3) is 0.375. The second-order valence-electron chi connectivity index (χ2n) is 7.44. The largest absolute Gasteiger partial charge is 0.462 e. The van der Waals surface area contributed by atoms with Crippen LogP contribution in [0.2, 0.25) is 0 Å². The fourth-order valence-electron chi connectivity index (χ4n) is 3.55. The van der Waals surface area contributed by atoms with E-state index in [-0.39, 0.29) is 18.0 Å². The van der Waals surface area contributed by atoms with E-state index >= 15 is 0 Å². The standard InChI is InChI=1S/C24H28ClN3O3S/c1-5-12-28(13-6-2)17-10-8-16(9-11-17)14-18(25)21-26-22(29)19-15(4)20(24(30)31-7-3)32-23(19)27-21/h8-11,14H,5-7,12-13H2,1-4H3,(H,26,27,29)/b18-14-. The Labute approximate surface area is 196 Å². The van der Waals surface area contributed by atoms with Gasteiger partial charge in [-0.3, -0.25) is 4.79 Å². The number of thiophene rings is 1. The third-order valence-electron chi connectivity index (χ3n) is 5.03.